The number of carboxylic acid groups (broad SMARTS) is 1. The molecule has 1 unspecified atom stereocenters. The van der Waals surface area contributed by atoms with Crippen LogP contribution in [-0.2, 0) is 4.79 Å². The Bertz CT molecular complexity index is 264. The molecule has 13 heavy (non-hydrogen) atoms. The van der Waals surface area contributed by atoms with Crippen LogP contribution in [0.3, 0.4) is 0 Å². The summed E-state index contributed by atoms with van der Waals surface area (Å²) in [5.74, 6) is -1.12. The SMILES string of the molecule is NC(CC(=O)[O-])c1ccccc1.[Li+]. The van der Waals surface area contributed by atoms with Gasteiger partial charge in [0.25, 0.3) is 0 Å². The Balaban J connectivity index is 0.00000144. The van der Waals surface area contributed by atoms with Gasteiger partial charge in [-0.25, -0.2) is 0 Å². The molecule has 0 saturated carbocycles. The number of carboxylic acids is 1. The first kappa shape index (κ1) is 12.2. The predicted octanol–water partition coefficient (Wildman–Crippen LogP) is -3.17. The van der Waals surface area contributed by atoms with Crippen molar-refractivity contribution in [2.75, 3.05) is 0 Å². The van der Waals surface area contributed by atoms with Gasteiger partial charge in [0.15, 0.2) is 0 Å². The van der Waals surface area contributed by atoms with Crippen molar-refractivity contribution in [1.82, 2.24) is 0 Å². The van der Waals surface area contributed by atoms with Crippen molar-refractivity contribution < 1.29 is 28.8 Å². The van der Waals surface area contributed by atoms with Crippen molar-refractivity contribution in [3.05, 3.63) is 35.9 Å². The van der Waals surface area contributed by atoms with Gasteiger partial charge < -0.3 is 15.6 Å². The standard InChI is InChI=1S/C9H11NO2.Li/c10-8(6-9(11)12)7-4-2-1-3-5-7;/h1-5,8H,6,10H2,(H,11,12);/q;+1/p-1. The summed E-state index contributed by atoms with van der Waals surface area (Å²) in [5.41, 5.74) is 6.40. The predicted molar refractivity (Wildman–Crippen MR) is 43.0 cm³/mol. The second kappa shape index (κ2) is 5.82. The normalized spacial score (nSPS) is 11.5. The third kappa shape index (κ3) is 4.14. The number of carbonyl (C=O) groups is 1. The summed E-state index contributed by atoms with van der Waals surface area (Å²) in [5, 5.41) is 10.2. The first-order chi connectivity index (χ1) is 5.70. The molecule has 0 amide bonds. The van der Waals surface area contributed by atoms with Crippen LogP contribution in [0.1, 0.15) is 18.0 Å². The van der Waals surface area contributed by atoms with Crippen molar-refractivity contribution in [3.63, 3.8) is 0 Å². The van der Waals surface area contributed by atoms with Crippen molar-refractivity contribution in [2.24, 2.45) is 5.73 Å². The molecule has 0 aliphatic rings. The average Bonchev–Trinajstić information content (AvgIpc) is 2.05. The summed E-state index contributed by atoms with van der Waals surface area (Å²) < 4.78 is 0. The number of rotatable bonds is 3. The van der Waals surface area contributed by atoms with E-state index in [0.29, 0.717) is 0 Å². The van der Waals surface area contributed by atoms with Crippen molar-refractivity contribution in [2.45, 2.75) is 12.5 Å². The minimum Gasteiger partial charge on any atom is -0.550 e. The zero-order valence-corrected chi connectivity index (χ0v) is 7.57. The summed E-state index contributed by atoms with van der Waals surface area (Å²) >= 11 is 0. The summed E-state index contributed by atoms with van der Waals surface area (Å²) in [6, 6.07) is 8.64. The number of aliphatic carboxylic acids is 1. The minimum atomic E-state index is -1.12. The van der Waals surface area contributed by atoms with E-state index in [1.165, 1.54) is 0 Å². The van der Waals surface area contributed by atoms with Crippen LogP contribution in [-0.4, -0.2) is 5.97 Å². The van der Waals surface area contributed by atoms with E-state index in [0.717, 1.165) is 5.56 Å². The van der Waals surface area contributed by atoms with Crippen LogP contribution in [0.2, 0.25) is 0 Å². The van der Waals surface area contributed by atoms with Gasteiger partial charge in [-0.3, -0.25) is 0 Å². The maximum absolute atomic E-state index is 10.2. The summed E-state index contributed by atoms with van der Waals surface area (Å²) in [6.45, 7) is 0. The van der Waals surface area contributed by atoms with Gasteiger partial charge in [0.1, 0.15) is 0 Å². The molecule has 64 valence electrons. The first-order valence-electron chi connectivity index (χ1n) is 3.70. The third-order valence-corrected chi connectivity index (χ3v) is 1.61. The Kier molecular flexibility index (Phi) is 5.48. The van der Waals surface area contributed by atoms with Crippen LogP contribution in [0.25, 0.3) is 0 Å². The Morgan fingerprint density at radius 2 is 1.92 bits per heavy atom. The van der Waals surface area contributed by atoms with Crippen LogP contribution in [0, 0.1) is 0 Å². The molecule has 1 rings (SSSR count). The van der Waals surface area contributed by atoms with E-state index in [9.17, 15) is 9.90 Å². The molecule has 1 aromatic rings. The molecular formula is C9H10LiNO2. The molecule has 0 saturated heterocycles. The van der Waals surface area contributed by atoms with Gasteiger partial charge in [0.05, 0.1) is 0 Å². The largest absolute Gasteiger partial charge is 1.00 e. The summed E-state index contributed by atoms with van der Waals surface area (Å²) in [4.78, 5) is 10.2. The topological polar surface area (TPSA) is 66.2 Å². The van der Waals surface area contributed by atoms with E-state index in [4.69, 9.17) is 5.73 Å². The van der Waals surface area contributed by atoms with E-state index in [1.54, 1.807) is 12.1 Å². The molecule has 0 radical (unpaired) electrons. The fourth-order valence-corrected chi connectivity index (χ4v) is 0.998. The number of carbonyl (C=O) groups excluding carboxylic acids is 1. The molecule has 0 spiro atoms. The van der Waals surface area contributed by atoms with Gasteiger partial charge in [-0.1, -0.05) is 30.3 Å². The van der Waals surface area contributed by atoms with Gasteiger partial charge in [0.2, 0.25) is 0 Å². The van der Waals surface area contributed by atoms with Crippen LogP contribution < -0.4 is 29.7 Å². The van der Waals surface area contributed by atoms with Crippen LogP contribution in [0.15, 0.2) is 30.3 Å². The van der Waals surface area contributed by atoms with Gasteiger partial charge in [-0.05, 0) is 5.56 Å². The molecular weight excluding hydrogens is 161 g/mol. The first-order valence-corrected chi connectivity index (χ1v) is 3.70. The molecule has 0 bridgehead atoms. The van der Waals surface area contributed by atoms with Crippen molar-refractivity contribution in [1.29, 1.82) is 0 Å². The molecule has 1 aromatic carbocycles. The molecule has 1 atom stereocenters. The van der Waals surface area contributed by atoms with Gasteiger partial charge in [-0.2, -0.15) is 0 Å². The quantitative estimate of drug-likeness (QED) is 0.488. The average molecular weight is 171 g/mol. The van der Waals surface area contributed by atoms with E-state index >= 15 is 0 Å². The molecule has 0 fully saturated rings. The Morgan fingerprint density at radius 1 is 1.38 bits per heavy atom. The fourth-order valence-electron chi connectivity index (χ4n) is 0.998. The summed E-state index contributed by atoms with van der Waals surface area (Å²) in [7, 11) is 0. The Labute approximate surface area is 89.1 Å². The molecule has 2 N–H and O–H groups in total. The third-order valence-electron chi connectivity index (χ3n) is 1.61. The molecule has 4 heteroatoms. The fraction of sp³-hybridized carbons (Fsp3) is 0.222. The second-order valence-electron chi connectivity index (χ2n) is 2.59. The molecule has 0 aromatic heterocycles. The number of nitrogens with two attached hydrogens (primary N) is 1. The van der Waals surface area contributed by atoms with E-state index in [2.05, 4.69) is 0 Å². The maximum Gasteiger partial charge on any atom is 1.00 e. The Hall–Kier alpha value is -0.753. The van der Waals surface area contributed by atoms with E-state index in [-0.39, 0.29) is 25.3 Å². The van der Waals surface area contributed by atoms with Crippen LogP contribution in [0.4, 0.5) is 0 Å². The van der Waals surface area contributed by atoms with E-state index in [1.807, 2.05) is 18.2 Å². The van der Waals surface area contributed by atoms with E-state index < -0.39 is 12.0 Å². The Morgan fingerprint density at radius 3 is 2.38 bits per heavy atom. The molecule has 0 heterocycles. The van der Waals surface area contributed by atoms with Gasteiger partial charge in [0, 0.05) is 18.4 Å². The number of benzene rings is 1. The zero-order chi connectivity index (χ0) is 8.97. The monoisotopic (exact) mass is 171 g/mol. The smallest absolute Gasteiger partial charge is 0.550 e. The van der Waals surface area contributed by atoms with Crippen molar-refractivity contribution in [3.8, 4) is 0 Å². The van der Waals surface area contributed by atoms with Crippen LogP contribution in [0.5, 0.6) is 0 Å². The molecule has 3 nitrogen and oxygen atoms in total. The maximum atomic E-state index is 10.2. The van der Waals surface area contributed by atoms with Crippen LogP contribution >= 0.6 is 0 Å². The summed E-state index contributed by atoms with van der Waals surface area (Å²) in [6.07, 6.45) is -0.135. The molecule has 0 aliphatic carbocycles. The van der Waals surface area contributed by atoms with Gasteiger partial charge in [-0.15, -0.1) is 0 Å². The molecule has 0 aliphatic heterocycles. The minimum absolute atomic E-state index is 0. The second-order valence-corrected chi connectivity index (χ2v) is 2.59. The number of hydrogen-bond donors (Lipinski definition) is 1. The number of hydrogen-bond acceptors (Lipinski definition) is 3. The van der Waals surface area contributed by atoms with Crippen molar-refractivity contribution >= 4 is 5.97 Å². The van der Waals surface area contributed by atoms with Gasteiger partial charge >= 0.3 is 18.9 Å². The zero-order valence-electron chi connectivity index (χ0n) is 7.57.